The van der Waals surface area contributed by atoms with E-state index in [-0.39, 0.29) is 29.6 Å². The lowest BCUT2D eigenvalue weighted by Gasteiger charge is -2.34. The molecule has 0 saturated carbocycles. The Hall–Kier alpha value is -4.19. The Kier molecular flexibility index (Phi) is 42.6. The van der Waals surface area contributed by atoms with Crippen LogP contribution in [0.4, 0.5) is 4.79 Å². The van der Waals surface area contributed by atoms with Crippen LogP contribution in [0.2, 0.25) is 0 Å². The molecule has 8 aliphatic heterocycles. The minimum Gasteiger partial charge on any atom is -0.444 e. The van der Waals surface area contributed by atoms with E-state index in [1.54, 1.807) is 6.92 Å². The third-order valence-corrected chi connectivity index (χ3v) is 20.7. The van der Waals surface area contributed by atoms with Crippen molar-refractivity contribution in [3.63, 3.8) is 0 Å². The third kappa shape index (κ3) is 35.7. The molecule has 5 unspecified atom stereocenters. The molecular weight excluding hydrogens is 1200 g/mol. The number of Topliss-reactive ketones (excluding diaryl/α,β-unsaturated/α-hetero) is 1. The maximum Gasteiger partial charge on any atom is 0.410 e. The molecule has 17 nitrogen and oxygen atoms in total. The number of hydrogen-bond acceptors (Lipinski definition) is 13. The number of ether oxygens (including phenoxy) is 1. The van der Waals surface area contributed by atoms with Crippen LogP contribution >= 0.6 is 0 Å². The molecule has 0 aliphatic carbocycles. The standard InChI is InChI=1S/C14H28N2O.C12H23NO2.C11H21NO.C10H20N2.2C9H17N.C8H16N2O.C6H11NO/c1-5-16(6-2)14(17)11-15-9-7-13(8-10-15)12(3)4;1-9(2)10-7-6-8-13(10)11(14)15-12(3,4)5;1-9(2)11-4-6-12(7-5-11)8-10(3)13;1-8(2)10-5-4-6-12(10)7-9(3)11;1-7-5-8(6-10-7)9(2,3)4;1-7(2)9-6-4-5-8(3)10-9;1-6(2)10-5-3-4-7(10)8(9)11;1-5(2)7-4-3-6(7)8/h12-13H,5-11H2,1-4H3;9-10H,6-8H2,1-5H3;9,11H,4-8H2,1-3H3;8,10H,3-7,11H2,1-2H3;8,10H,1,5-6H2,2-4H3;7,9-10H,3-6H2,1-2H3;6-7H,3-5H2,1-2H3,(H2,9,11);5H,3-4H2,1-2H3. The Morgan fingerprint density at radius 3 is 1.44 bits per heavy atom. The van der Waals surface area contributed by atoms with Gasteiger partial charge in [0.15, 0.2) is 0 Å². The van der Waals surface area contributed by atoms with Crippen LogP contribution in [0.3, 0.4) is 0 Å². The Bertz CT molecular complexity index is 2250. The van der Waals surface area contributed by atoms with E-state index in [2.05, 4.69) is 154 Å². The molecule has 0 bridgehead atoms. The topological polar surface area (TPSA) is 193 Å². The van der Waals surface area contributed by atoms with Gasteiger partial charge in [-0.15, -0.1) is 0 Å². The monoisotopic (exact) mass is 1350 g/mol. The number of hydrogen-bond donors (Lipinski definition) is 4. The van der Waals surface area contributed by atoms with Crippen molar-refractivity contribution in [3.05, 3.63) is 36.8 Å². The van der Waals surface area contributed by atoms with E-state index < -0.39 is 0 Å². The zero-order valence-electron chi connectivity index (χ0n) is 66.4. The van der Waals surface area contributed by atoms with Gasteiger partial charge in [0.1, 0.15) is 11.4 Å². The minimum atomic E-state index is -0.388. The van der Waals surface area contributed by atoms with Crippen molar-refractivity contribution in [2.24, 2.45) is 64.2 Å². The molecule has 0 aromatic carbocycles. The summed E-state index contributed by atoms with van der Waals surface area (Å²) in [5.41, 5.74) is 14.1. The van der Waals surface area contributed by atoms with E-state index in [1.165, 1.54) is 75.7 Å². The highest BCUT2D eigenvalue weighted by Gasteiger charge is 2.35. The van der Waals surface area contributed by atoms with Crippen LogP contribution in [0.15, 0.2) is 36.8 Å². The normalized spacial score (nSPS) is 22.9. The molecule has 560 valence electrons. The number of carbonyl (C=O) groups excluding carboxylic acids is 5. The molecule has 0 aromatic rings. The van der Waals surface area contributed by atoms with Crippen molar-refractivity contribution in [1.82, 2.24) is 44.9 Å². The van der Waals surface area contributed by atoms with E-state index in [0.717, 1.165) is 164 Å². The van der Waals surface area contributed by atoms with Crippen LogP contribution in [0, 0.1) is 52.8 Å². The van der Waals surface area contributed by atoms with Crippen molar-refractivity contribution < 1.29 is 28.7 Å². The molecule has 17 heteroatoms. The van der Waals surface area contributed by atoms with Crippen LogP contribution in [0.1, 0.15) is 256 Å². The van der Waals surface area contributed by atoms with Gasteiger partial charge < -0.3 is 41.5 Å². The van der Waals surface area contributed by atoms with Gasteiger partial charge in [-0.25, -0.2) is 4.79 Å². The summed E-state index contributed by atoms with van der Waals surface area (Å²) in [6.45, 7) is 74.2. The Labute approximate surface area is 590 Å². The summed E-state index contributed by atoms with van der Waals surface area (Å²) in [6.07, 6.45) is 17.5. The minimum absolute atomic E-state index is 0.00463. The highest BCUT2D eigenvalue weighted by molar-refractivity contribution is 5.82. The Morgan fingerprint density at radius 2 is 1.10 bits per heavy atom. The molecule has 8 rings (SSSR count). The highest BCUT2D eigenvalue weighted by atomic mass is 16.6. The number of amides is 4. The van der Waals surface area contributed by atoms with Gasteiger partial charge in [0, 0.05) is 93.0 Å². The van der Waals surface area contributed by atoms with Gasteiger partial charge >= 0.3 is 6.09 Å². The smallest absolute Gasteiger partial charge is 0.410 e. The number of nitrogens with zero attached hydrogens (tertiary/aromatic N) is 7. The number of primary amides is 1. The quantitative estimate of drug-likeness (QED) is 0.107. The molecule has 0 radical (unpaired) electrons. The molecular formula is C79H153N11O6. The number of likely N-dealkylation sites (tertiary alicyclic amines) is 6. The second-order valence-electron chi connectivity index (χ2n) is 33.3. The summed E-state index contributed by atoms with van der Waals surface area (Å²) < 4.78 is 5.39. The van der Waals surface area contributed by atoms with Crippen LogP contribution in [-0.2, 0) is 23.9 Å². The Morgan fingerprint density at radius 1 is 0.594 bits per heavy atom. The van der Waals surface area contributed by atoms with Gasteiger partial charge in [-0.2, -0.15) is 0 Å². The van der Waals surface area contributed by atoms with E-state index >= 15 is 0 Å². The van der Waals surface area contributed by atoms with Crippen LogP contribution < -0.4 is 22.1 Å². The van der Waals surface area contributed by atoms with E-state index in [4.69, 9.17) is 16.2 Å². The second-order valence-corrected chi connectivity index (χ2v) is 33.3. The van der Waals surface area contributed by atoms with Crippen LogP contribution in [0.25, 0.3) is 0 Å². The number of β-lactam (4-membered cyclic amide) rings is 1. The van der Waals surface area contributed by atoms with E-state index in [9.17, 15) is 24.0 Å². The van der Waals surface area contributed by atoms with Crippen molar-refractivity contribution in [2.45, 2.75) is 297 Å². The number of ketones is 1. The zero-order valence-corrected chi connectivity index (χ0v) is 66.4. The first kappa shape index (κ1) is 89.8. The van der Waals surface area contributed by atoms with E-state index in [0.29, 0.717) is 60.3 Å². The summed E-state index contributed by atoms with van der Waals surface area (Å²) in [5.74, 6) is 6.83. The fourth-order valence-corrected chi connectivity index (χ4v) is 14.2. The molecule has 8 saturated heterocycles. The van der Waals surface area contributed by atoms with Gasteiger partial charge in [0.25, 0.3) is 0 Å². The highest BCUT2D eigenvalue weighted by Crippen LogP contribution is 2.34. The van der Waals surface area contributed by atoms with E-state index in [1.807, 2.05) is 63.2 Å². The van der Waals surface area contributed by atoms with Gasteiger partial charge in [0.05, 0.1) is 19.1 Å². The summed E-state index contributed by atoms with van der Waals surface area (Å²) in [4.78, 5) is 71.1. The summed E-state index contributed by atoms with van der Waals surface area (Å²) in [6, 6.07) is 2.62. The fourth-order valence-electron chi connectivity index (χ4n) is 14.2. The van der Waals surface area contributed by atoms with Gasteiger partial charge in [-0.3, -0.25) is 38.8 Å². The molecule has 0 aromatic heterocycles. The van der Waals surface area contributed by atoms with Crippen LogP contribution in [-0.4, -0.2) is 197 Å². The van der Waals surface area contributed by atoms with Crippen molar-refractivity contribution in [1.29, 1.82) is 0 Å². The summed E-state index contributed by atoms with van der Waals surface area (Å²) in [7, 11) is 0. The lowest BCUT2D eigenvalue weighted by atomic mass is 9.80. The lowest BCUT2D eigenvalue weighted by molar-refractivity contribution is -0.142. The first-order chi connectivity index (χ1) is 44.6. The van der Waals surface area contributed by atoms with Gasteiger partial charge in [-0.1, -0.05) is 110 Å². The molecule has 6 N–H and O–H groups in total. The number of nitrogens with two attached hydrogens (primary N) is 2. The average molecular weight is 1350 g/mol. The first-order valence-electron chi connectivity index (χ1n) is 38.2. The van der Waals surface area contributed by atoms with Crippen molar-refractivity contribution >= 4 is 29.6 Å². The number of rotatable bonds is 16. The number of nitrogens with one attached hydrogen (secondary N) is 2. The zero-order chi connectivity index (χ0) is 73.4. The summed E-state index contributed by atoms with van der Waals surface area (Å²) in [5, 5.41) is 6.70. The first-order valence-corrected chi connectivity index (χ1v) is 38.2. The molecule has 96 heavy (non-hydrogen) atoms. The SMILES string of the molecule is C=C(N)CN1CCCC1C(C)C.C=C1CC(C(C)(C)C)CN1.C=C1CCCC(C(C)C)N1.CC(=O)CN1CCC(C(C)C)CC1.CC(C)C1CCCN1C(=O)OC(C)(C)C.CC(C)N1CCC1=O.CC(C)N1CCCC1C(N)=O.CCN(CC)C(=O)CN1CCC(C(C)C)CC1. The van der Waals surface area contributed by atoms with Gasteiger partial charge in [-0.05, 0) is 251 Å². The number of likely N-dealkylation sites (N-methyl/N-ethyl adjacent to an activating group) is 1. The predicted molar refractivity (Wildman–Crippen MR) is 405 cm³/mol. The predicted octanol–water partition coefficient (Wildman–Crippen LogP) is 14.2. The lowest BCUT2D eigenvalue weighted by Crippen LogP contribution is -2.47. The maximum absolute atomic E-state index is 12.0. The molecule has 8 aliphatic rings. The van der Waals surface area contributed by atoms with Gasteiger partial charge in [0.2, 0.25) is 17.7 Å². The maximum atomic E-state index is 12.0. The molecule has 0 spiro atoms. The largest absolute Gasteiger partial charge is 0.444 e. The molecule has 5 atom stereocenters. The third-order valence-electron chi connectivity index (χ3n) is 20.7. The second kappa shape index (κ2) is 45.5. The Balaban J connectivity index is 0.000000553. The summed E-state index contributed by atoms with van der Waals surface area (Å²) >= 11 is 0. The average Bonchev–Trinajstić information content (AvgIpc) is 1.79. The molecule has 4 amide bonds. The molecule has 8 fully saturated rings. The van der Waals surface area contributed by atoms with Crippen molar-refractivity contribution in [3.8, 4) is 0 Å². The van der Waals surface area contributed by atoms with Crippen molar-refractivity contribution in [2.75, 3.05) is 91.6 Å². The fraction of sp³-hybridized carbons (Fsp3) is 0.861. The van der Waals surface area contributed by atoms with Crippen LogP contribution in [0.5, 0.6) is 0 Å². The number of allylic oxidation sites excluding steroid dienone is 2. The molecule has 8 heterocycles. The number of piperidine rings is 3. The number of carbonyl (C=O) groups is 5.